The summed E-state index contributed by atoms with van der Waals surface area (Å²) >= 11 is 0. The number of carboxylic acids is 1. The molecule has 0 bridgehead atoms. The minimum Gasteiger partial charge on any atom is -0.489 e. The first kappa shape index (κ1) is 22.8. The van der Waals surface area contributed by atoms with Crippen molar-refractivity contribution in [2.24, 2.45) is 0 Å². The third-order valence-corrected chi connectivity index (χ3v) is 5.28. The van der Waals surface area contributed by atoms with Crippen LogP contribution in [0.15, 0.2) is 103 Å². The summed E-state index contributed by atoms with van der Waals surface area (Å²) in [6.07, 6.45) is 3.86. The van der Waals surface area contributed by atoms with Gasteiger partial charge in [-0.15, -0.1) is 0 Å². The van der Waals surface area contributed by atoms with Crippen molar-refractivity contribution in [3.63, 3.8) is 0 Å². The second-order valence-electron chi connectivity index (χ2n) is 7.70. The van der Waals surface area contributed by atoms with Gasteiger partial charge < -0.3 is 14.6 Å². The highest BCUT2D eigenvalue weighted by Gasteiger charge is 2.08. The Morgan fingerprint density at radius 3 is 2.29 bits per heavy atom. The standard InChI is InChI=1S/C29H25NO4/c1-21-19-25(14-15-28(21)34-20-29(31)32)33-18-16-26(22-7-3-2-4-8-22)23-10-12-24(13-11-23)27-9-5-6-17-30-27/h2-17,19H,18,20H2,1H3,(H,31,32)/b26-16+. The van der Waals surface area contributed by atoms with E-state index in [0.29, 0.717) is 18.1 Å². The number of hydrogen-bond acceptors (Lipinski definition) is 4. The van der Waals surface area contributed by atoms with Gasteiger partial charge in [0.2, 0.25) is 0 Å². The number of ether oxygens (including phenoxy) is 2. The molecule has 0 unspecified atom stereocenters. The van der Waals surface area contributed by atoms with Gasteiger partial charge in [0.15, 0.2) is 6.61 Å². The largest absolute Gasteiger partial charge is 0.489 e. The molecule has 34 heavy (non-hydrogen) atoms. The topological polar surface area (TPSA) is 68.7 Å². The maximum Gasteiger partial charge on any atom is 0.341 e. The summed E-state index contributed by atoms with van der Waals surface area (Å²) in [5.41, 5.74) is 6.08. The normalized spacial score (nSPS) is 11.1. The van der Waals surface area contributed by atoms with E-state index in [1.165, 1.54) is 0 Å². The highest BCUT2D eigenvalue weighted by Crippen LogP contribution is 2.27. The summed E-state index contributed by atoms with van der Waals surface area (Å²) in [5, 5.41) is 8.79. The zero-order valence-corrected chi connectivity index (χ0v) is 18.8. The van der Waals surface area contributed by atoms with E-state index >= 15 is 0 Å². The summed E-state index contributed by atoms with van der Waals surface area (Å²) in [4.78, 5) is 15.1. The molecular weight excluding hydrogens is 426 g/mol. The van der Waals surface area contributed by atoms with Gasteiger partial charge in [0.1, 0.15) is 18.1 Å². The van der Waals surface area contributed by atoms with Gasteiger partial charge in [-0.1, -0.05) is 60.7 Å². The molecule has 5 nitrogen and oxygen atoms in total. The molecule has 1 N–H and O–H groups in total. The SMILES string of the molecule is Cc1cc(OC/C=C(\c2ccccc2)c2ccc(-c3ccccn3)cc2)ccc1OCC(=O)O. The Labute approximate surface area is 199 Å². The number of rotatable bonds is 9. The van der Waals surface area contributed by atoms with Gasteiger partial charge >= 0.3 is 5.97 Å². The van der Waals surface area contributed by atoms with Crippen molar-refractivity contribution >= 4 is 11.5 Å². The lowest BCUT2D eigenvalue weighted by molar-refractivity contribution is -0.139. The Balaban J connectivity index is 1.52. The molecule has 0 aliphatic heterocycles. The van der Waals surface area contributed by atoms with Crippen LogP contribution in [0, 0.1) is 6.92 Å². The highest BCUT2D eigenvalue weighted by atomic mass is 16.5. The second kappa shape index (κ2) is 11.0. The first-order valence-corrected chi connectivity index (χ1v) is 11.0. The van der Waals surface area contributed by atoms with E-state index in [1.54, 1.807) is 18.3 Å². The first-order valence-electron chi connectivity index (χ1n) is 11.0. The molecule has 0 saturated heterocycles. The summed E-state index contributed by atoms with van der Waals surface area (Å²) < 4.78 is 11.3. The summed E-state index contributed by atoms with van der Waals surface area (Å²) in [6, 6.07) is 29.8. The average Bonchev–Trinajstić information content (AvgIpc) is 2.87. The van der Waals surface area contributed by atoms with Crippen molar-refractivity contribution in [3.05, 3.63) is 120 Å². The van der Waals surface area contributed by atoms with E-state index in [-0.39, 0.29) is 6.61 Å². The van der Waals surface area contributed by atoms with Crippen LogP contribution in [0.4, 0.5) is 0 Å². The smallest absolute Gasteiger partial charge is 0.341 e. The Morgan fingerprint density at radius 2 is 1.62 bits per heavy atom. The van der Waals surface area contributed by atoms with Gasteiger partial charge in [0, 0.05) is 11.8 Å². The first-order chi connectivity index (χ1) is 16.6. The maximum absolute atomic E-state index is 10.7. The van der Waals surface area contributed by atoms with Crippen LogP contribution in [0.2, 0.25) is 0 Å². The Bertz CT molecular complexity index is 1270. The fourth-order valence-corrected chi connectivity index (χ4v) is 3.61. The van der Waals surface area contributed by atoms with Crippen LogP contribution in [0.25, 0.3) is 16.8 Å². The van der Waals surface area contributed by atoms with Crippen molar-refractivity contribution in [2.75, 3.05) is 13.2 Å². The van der Waals surface area contributed by atoms with Gasteiger partial charge in [-0.2, -0.15) is 0 Å². The van der Waals surface area contributed by atoms with Crippen molar-refractivity contribution in [3.8, 4) is 22.8 Å². The zero-order valence-electron chi connectivity index (χ0n) is 18.8. The lowest BCUT2D eigenvalue weighted by atomic mass is 9.96. The molecule has 5 heteroatoms. The predicted molar refractivity (Wildman–Crippen MR) is 133 cm³/mol. The van der Waals surface area contributed by atoms with E-state index in [0.717, 1.165) is 33.5 Å². The Kier molecular flexibility index (Phi) is 7.35. The zero-order chi connectivity index (χ0) is 23.8. The van der Waals surface area contributed by atoms with Crippen LogP contribution >= 0.6 is 0 Å². The molecule has 4 aromatic rings. The van der Waals surface area contributed by atoms with E-state index in [9.17, 15) is 4.79 Å². The molecule has 1 heterocycles. The molecule has 4 rings (SSSR count). The number of carboxylic acid groups (broad SMARTS) is 1. The molecule has 0 saturated carbocycles. The summed E-state index contributed by atoms with van der Waals surface area (Å²) in [7, 11) is 0. The quantitative estimate of drug-likeness (QED) is 0.336. The van der Waals surface area contributed by atoms with Gasteiger partial charge in [0.05, 0.1) is 5.69 Å². The molecule has 0 atom stereocenters. The Morgan fingerprint density at radius 1 is 0.882 bits per heavy atom. The number of nitrogens with zero attached hydrogens (tertiary/aromatic N) is 1. The molecule has 0 spiro atoms. The number of aromatic nitrogens is 1. The van der Waals surface area contributed by atoms with Gasteiger partial charge in [-0.05, 0) is 65.6 Å². The molecule has 0 aliphatic rings. The number of aliphatic carboxylic acids is 1. The lowest BCUT2D eigenvalue weighted by Crippen LogP contribution is -2.10. The molecule has 170 valence electrons. The molecular formula is C29H25NO4. The van der Waals surface area contributed by atoms with Crippen molar-refractivity contribution < 1.29 is 19.4 Å². The van der Waals surface area contributed by atoms with Crippen molar-refractivity contribution in [1.29, 1.82) is 0 Å². The van der Waals surface area contributed by atoms with Crippen molar-refractivity contribution in [1.82, 2.24) is 4.98 Å². The molecule has 0 radical (unpaired) electrons. The molecule has 0 fully saturated rings. The number of benzene rings is 3. The summed E-state index contributed by atoms with van der Waals surface area (Å²) in [5.74, 6) is 0.212. The Hall–Kier alpha value is -4.38. The number of hydrogen-bond donors (Lipinski definition) is 1. The molecule has 3 aromatic carbocycles. The highest BCUT2D eigenvalue weighted by molar-refractivity contribution is 5.80. The van der Waals surface area contributed by atoms with Crippen LogP contribution in [-0.2, 0) is 4.79 Å². The monoisotopic (exact) mass is 451 g/mol. The molecule has 1 aromatic heterocycles. The van der Waals surface area contributed by atoms with Crippen LogP contribution in [0.3, 0.4) is 0 Å². The fourth-order valence-electron chi connectivity index (χ4n) is 3.61. The summed E-state index contributed by atoms with van der Waals surface area (Å²) in [6.45, 7) is 1.86. The van der Waals surface area contributed by atoms with Crippen LogP contribution in [0.1, 0.15) is 16.7 Å². The second-order valence-corrected chi connectivity index (χ2v) is 7.70. The fraction of sp³-hybridized carbons (Fsp3) is 0.103. The maximum atomic E-state index is 10.7. The average molecular weight is 452 g/mol. The minimum absolute atomic E-state index is 0.372. The van der Waals surface area contributed by atoms with Crippen LogP contribution in [-0.4, -0.2) is 29.3 Å². The number of carbonyl (C=O) groups is 1. The lowest BCUT2D eigenvalue weighted by Gasteiger charge is -2.12. The van der Waals surface area contributed by atoms with Gasteiger partial charge in [-0.3, -0.25) is 4.98 Å². The van der Waals surface area contributed by atoms with Gasteiger partial charge in [-0.25, -0.2) is 4.79 Å². The molecule has 0 amide bonds. The van der Waals surface area contributed by atoms with E-state index < -0.39 is 5.97 Å². The third-order valence-electron chi connectivity index (χ3n) is 5.28. The van der Waals surface area contributed by atoms with Crippen LogP contribution in [0.5, 0.6) is 11.5 Å². The number of pyridine rings is 1. The number of aryl methyl sites for hydroxylation is 1. The van der Waals surface area contributed by atoms with E-state index in [4.69, 9.17) is 14.6 Å². The van der Waals surface area contributed by atoms with Crippen LogP contribution < -0.4 is 9.47 Å². The minimum atomic E-state index is -1.01. The third kappa shape index (κ3) is 5.90. The van der Waals surface area contributed by atoms with Gasteiger partial charge in [0.25, 0.3) is 0 Å². The predicted octanol–water partition coefficient (Wildman–Crippen LogP) is 6.03. The van der Waals surface area contributed by atoms with Crippen molar-refractivity contribution in [2.45, 2.75) is 6.92 Å². The van der Waals surface area contributed by atoms with E-state index in [2.05, 4.69) is 47.5 Å². The van der Waals surface area contributed by atoms with E-state index in [1.807, 2.05) is 49.4 Å². The molecule has 0 aliphatic carbocycles.